The van der Waals surface area contributed by atoms with Crippen molar-refractivity contribution in [1.29, 1.82) is 0 Å². The van der Waals surface area contributed by atoms with Crippen molar-refractivity contribution in [3.8, 4) is 0 Å². The van der Waals surface area contributed by atoms with E-state index in [0.717, 1.165) is 43.1 Å². The number of hydrogen-bond donors (Lipinski definition) is 2. The van der Waals surface area contributed by atoms with E-state index in [1.54, 1.807) is 11.3 Å². The fourth-order valence-corrected chi connectivity index (χ4v) is 3.08. The fraction of sp³-hybridized carbons (Fsp3) is 0.583. The Bertz CT molecular complexity index is 380. The van der Waals surface area contributed by atoms with E-state index in [9.17, 15) is 4.79 Å². The molecule has 1 aromatic heterocycles. The quantitative estimate of drug-likeness (QED) is 0.882. The summed E-state index contributed by atoms with van der Waals surface area (Å²) in [5.41, 5.74) is 0. The monoisotopic (exact) mass is 272 g/mol. The van der Waals surface area contributed by atoms with Gasteiger partial charge in [0.1, 0.15) is 0 Å². The summed E-state index contributed by atoms with van der Waals surface area (Å²) >= 11 is 7.47. The van der Waals surface area contributed by atoms with Crippen molar-refractivity contribution in [2.24, 2.45) is 0 Å². The summed E-state index contributed by atoms with van der Waals surface area (Å²) in [6.45, 7) is 1.65. The summed E-state index contributed by atoms with van der Waals surface area (Å²) in [6, 6.07) is 3.94. The maximum Gasteiger partial charge on any atom is 0.237 e. The van der Waals surface area contributed by atoms with Gasteiger partial charge in [0.05, 0.1) is 10.4 Å². The average molecular weight is 273 g/mol. The molecule has 0 bridgehead atoms. The van der Waals surface area contributed by atoms with Gasteiger partial charge in [0.25, 0.3) is 0 Å². The minimum atomic E-state index is -0.0204. The summed E-state index contributed by atoms with van der Waals surface area (Å²) in [5.74, 6) is 0.145. The third-order valence-corrected chi connectivity index (χ3v) is 4.22. The molecule has 1 saturated heterocycles. The molecule has 1 amide bonds. The second kappa shape index (κ2) is 6.38. The topological polar surface area (TPSA) is 41.1 Å². The molecule has 0 aromatic carbocycles. The molecule has 0 radical (unpaired) electrons. The third-order valence-electron chi connectivity index (χ3n) is 2.93. The first-order valence-electron chi connectivity index (χ1n) is 6.01. The van der Waals surface area contributed by atoms with Gasteiger partial charge < -0.3 is 10.6 Å². The molecule has 0 aliphatic carbocycles. The van der Waals surface area contributed by atoms with Crippen molar-refractivity contribution >= 4 is 28.8 Å². The van der Waals surface area contributed by atoms with Crippen LogP contribution in [0.1, 0.15) is 24.1 Å². The van der Waals surface area contributed by atoms with E-state index in [-0.39, 0.29) is 11.9 Å². The Morgan fingerprint density at radius 2 is 2.35 bits per heavy atom. The SMILES string of the molecule is O=C1NCCCCC1NCCc1ccc(Cl)s1. The molecule has 1 unspecified atom stereocenters. The van der Waals surface area contributed by atoms with Crippen LogP contribution in [0.2, 0.25) is 4.34 Å². The molecule has 1 aromatic rings. The molecule has 1 fully saturated rings. The van der Waals surface area contributed by atoms with Gasteiger partial charge in [0, 0.05) is 18.0 Å². The first kappa shape index (κ1) is 12.9. The Balaban J connectivity index is 1.75. The van der Waals surface area contributed by atoms with Gasteiger partial charge in [0.2, 0.25) is 5.91 Å². The Morgan fingerprint density at radius 1 is 1.47 bits per heavy atom. The molecule has 1 atom stereocenters. The number of rotatable bonds is 4. The van der Waals surface area contributed by atoms with Crippen molar-refractivity contribution in [3.05, 3.63) is 21.3 Å². The molecule has 1 aliphatic rings. The fourth-order valence-electron chi connectivity index (χ4n) is 1.99. The van der Waals surface area contributed by atoms with E-state index in [1.165, 1.54) is 4.88 Å². The molecule has 2 heterocycles. The second-order valence-electron chi connectivity index (χ2n) is 4.25. The smallest absolute Gasteiger partial charge is 0.237 e. The number of nitrogens with one attached hydrogen (secondary N) is 2. The van der Waals surface area contributed by atoms with Crippen LogP contribution >= 0.6 is 22.9 Å². The lowest BCUT2D eigenvalue weighted by Gasteiger charge is -2.14. The zero-order chi connectivity index (χ0) is 12.1. The third kappa shape index (κ3) is 3.98. The van der Waals surface area contributed by atoms with Crippen LogP contribution in [0.25, 0.3) is 0 Å². The molecule has 2 rings (SSSR count). The van der Waals surface area contributed by atoms with E-state index in [4.69, 9.17) is 11.6 Å². The molecule has 3 nitrogen and oxygen atoms in total. The molecule has 94 valence electrons. The minimum absolute atomic E-state index is 0.0204. The van der Waals surface area contributed by atoms with Gasteiger partial charge in [-0.2, -0.15) is 0 Å². The Morgan fingerprint density at radius 3 is 3.12 bits per heavy atom. The van der Waals surface area contributed by atoms with Crippen LogP contribution in [0.5, 0.6) is 0 Å². The van der Waals surface area contributed by atoms with E-state index >= 15 is 0 Å². The summed E-state index contributed by atoms with van der Waals surface area (Å²) in [7, 11) is 0. The average Bonchev–Trinajstić information content (AvgIpc) is 2.61. The zero-order valence-corrected chi connectivity index (χ0v) is 11.2. The van der Waals surface area contributed by atoms with Gasteiger partial charge in [-0.1, -0.05) is 11.6 Å². The van der Waals surface area contributed by atoms with E-state index < -0.39 is 0 Å². The maximum atomic E-state index is 11.7. The van der Waals surface area contributed by atoms with E-state index in [0.29, 0.717) is 0 Å². The summed E-state index contributed by atoms with van der Waals surface area (Å²) in [5, 5.41) is 6.25. The number of carbonyl (C=O) groups is 1. The van der Waals surface area contributed by atoms with Crippen molar-refractivity contribution in [2.45, 2.75) is 31.7 Å². The number of amides is 1. The molecule has 2 N–H and O–H groups in total. The highest BCUT2D eigenvalue weighted by atomic mass is 35.5. The van der Waals surface area contributed by atoms with Gasteiger partial charge >= 0.3 is 0 Å². The number of halogens is 1. The van der Waals surface area contributed by atoms with Crippen LogP contribution in [0.15, 0.2) is 12.1 Å². The number of carbonyl (C=O) groups excluding carboxylic acids is 1. The molecule has 17 heavy (non-hydrogen) atoms. The first-order chi connectivity index (χ1) is 8.25. The molecule has 1 aliphatic heterocycles. The first-order valence-corrected chi connectivity index (χ1v) is 7.20. The van der Waals surface area contributed by atoms with Crippen LogP contribution in [0, 0.1) is 0 Å². The van der Waals surface area contributed by atoms with Gasteiger partial charge in [0.15, 0.2) is 0 Å². The highest BCUT2D eigenvalue weighted by Crippen LogP contribution is 2.21. The van der Waals surface area contributed by atoms with Crippen LogP contribution in [-0.4, -0.2) is 25.0 Å². The van der Waals surface area contributed by atoms with Crippen LogP contribution in [-0.2, 0) is 11.2 Å². The lowest BCUT2D eigenvalue weighted by Crippen LogP contribution is -2.43. The normalized spacial score (nSPS) is 21.0. The second-order valence-corrected chi connectivity index (χ2v) is 6.05. The maximum absolute atomic E-state index is 11.7. The van der Waals surface area contributed by atoms with Gasteiger partial charge in [-0.15, -0.1) is 11.3 Å². The van der Waals surface area contributed by atoms with E-state index in [2.05, 4.69) is 10.6 Å². The van der Waals surface area contributed by atoms with Crippen molar-refractivity contribution in [3.63, 3.8) is 0 Å². The molecule has 5 heteroatoms. The van der Waals surface area contributed by atoms with Gasteiger partial charge in [-0.05, 0) is 37.8 Å². The predicted octanol–water partition coefficient (Wildman–Crippen LogP) is 2.20. The van der Waals surface area contributed by atoms with E-state index in [1.807, 2.05) is 12.1 Å². The summed E-state index contributed by atoms with van der Waals surface area (Å²) < 4.78 is 0.826. The van der Waals surface area contributed by atoms with Crippen LogP contribution in [0.3, 0.4) is 0 Å². The molecule has 0 spiro atoms. The highest BCUT2D eigenvalue weighted by molar-refractivity contribution is 7.16. The van der Waals surface area contributed by atoms with Gasteiger partial charge in [-0.25, -0.2) is 0 Å². The standard InChI is InChI=1S/C12H17ClN2OS/c13-11-5-4-9(17-11)6-8-14-10-3-1-2-7-15-12(10)16/h4-5,10,14H,1-3,6-8H2,(H,15,16). The molecular weight excluding hydrogens is 256 g/mol. The predicted molar refractivity (Wildman–Crippen MR) is 71.7 cm³/mol. The highest BCUT2D eigenvalue weighted by Gasteiger charge is 2.19. The van der Waals surface area contributed by atoms with Gasteiger partial charge in [-0.3, -0.25) is 4.79 Å². The van der Waals surface area contributed by atoms with Crippen LogP contribution < -0.4 is 10.6 Å². The number of thiophene rings is 1. The number of hydrogen-bond acceptors (Lipinski definition) is 3. The van der Waals surface area contributed by atoms with Crippen molar-refractivity contribution in [1.82, 2.24) is 10.6 Å². The molecular formula is C12H17ClN2OS. The van der Waals surface area contributed by atoms with Crippen molar-refractivity contribution in [2.75, 3.05) is 13.1 Å². The lowest BCUT2D eigenvalue weighted by molar-refractivity contribution is -0.122. The summed E-state index contributed by atoms with van der Waals surface area (Å²) in [4.78, 5) is 12.9. The van der Waals surface area contributed by atoms with Crippen molar-refractivity contribution < 1.29 is 4.79 Å². The Kier molecular flexibility index (Phi) is 4.83. The largest absolute Gasteiger partial charge is 0.355 e. The zero-order valence-electron chi connectivity index (χ0n) is 9.67. The Hall–Kier alpha value is -0.580. The summed E-state index contributed by atoms with van der Waals surface area (Å²) in [6.07, 6.45) is 4.07. The lowest BCUT2D eigenvalue weighted by atomic mass is 10.1. The van der Waals surface area contributed by atoms with Crippen LogP contribution in [0.4, 0.5) is 0 Å². The molecule has 0 saturated carbocycles. The Labute approximate surface area is 111 Å². The minimum Gasteiger partial charge on any atom is -0.355 e.